The van der Waals surface area contributed by atoms with E-state index in [4.69, 9.17) is 4.74 Å². The molecule has 0 bridgehead atoms. The molecule has 0 aromatic carbocycles. The number of carbonyl (C=O) groups is 1. The summed E-state index contributed by atoms with van der Waals surface area (Å²) in [7, 11) is 0. The number of rotatable bonds is 6. The van der Waals surface area contributed by atoms with Crippen LogP contribution in [0.25, 0.3) is 11.3 Å². The number of nitrogens with zero attached hydrogens (tertiary/aromatic N) is 4. The third-order valence-electron chi connectivity index (χ3n) is 5.45. The minimum Gasteiger partial charge on any atom is -0.381 e. The molecule has 0 spiro atoms. The molecule has 1 unspecified atom stereocenters. The van der Waals surface area contributed by atoms with Crippen LogP contribution in [0.5, 0.6) is 0 Å². The van der Waals surface area contributed by atoms with Crippen LogP contribution in [0.2, 0.25) is 0 Å². The Bertz CT molecular complexity index is 820. The van der Waals surface area contributed by atoms with Crippen LogP contribution < -0.4 is 16.0 Å². The molecule has 2 aliphatic heterocycles. The van der Waals surface area contributed by atoms with Crippen molar-refractivity contribution in [1.82, 2.24) is 25.5 Å². The third-order valence-corrected chi connectivity index (χ3v) is 5.45. The van der Waals surface area contributed by atoms with Crippen LogP contribution >= 0.6 is 0 Å². The Balaban J connectivity index is 1.40. The summed E-state index contributed by atoms with van der Waals surface area (Å²) in [5.74, 6) is 1.77. The lowest BCUT2D eigenvalue weighted by Crippen LogP contribution is -2.37. The first-order valence-corrected chi connectivity index (χ1v) is 10.3. The summed E-state index contributed by atoms with van der Waals surface area (Å²) in [6, 6.07) is 3.69. The second kappa shape index (κ2) is 9.71. The van der Waals surface area contributed by atoms with E-state index < -0.39 is 0 Å². The van der Waals surface area contributed by atoms with Crippen LogP contribution in [0, 0.1) is 11.8 Å². The summed E-state index contributed by atoms with van der Waals surface area (Å²) in [5.41, 5.74) is 1.52. The number of hydrogen-bond acceptors (Lipinski definition) is 8. The van der Waals surface area contributed by atoms with Crippen LogP contribution in [0.3, 0.4) is 0 Å². The molecule has 9 heteroatoms. The van der Waals surface area contributed by atoms with E-state index in [0.29, 0.717) is 29.8 Å². The van der Waals surface area contributed by atoms with Gasteiger partial charge in [-0.15, -0.1) is 5.10 Å². The van der Waals surface area contributed by atoms with Gasteiger partial charge in [-0.2, -0.15) is 5.10 Å². The van der Waals surface area contributed by atoms with E-state index in [0.717, 1.165) is 57.6 Å². The summed E-state index contributed by atoms with van der Waals surface area (Å²) in [5, 5.41) is 17.8. The number of ether oxygens (including phenoxy) is 1. The summed E-state index contributed by atoms with van der Waals surface area (Å²) in [6.45, 7) is 4.18. The zero-order chi connectivity index (χ0) is 19.9. The second-order valence-electron chi connectivity index (χ2n) is 7.59. The monoisotopic (exact) mass is 397 g/mol. The molecule has 154 valence electrons. The topological polar surface area (TPSA) is 114 Å². The van der Waals surface area contributed by atoms with Crippen LogP contribution in [0.1, 0.15) is 25.7 Å². The number of aromatic nitrogens is 4. The highest BCUT2D eigenvalue weighted by atomic mass is 16.5. The standard InChI is InChI=1S/C20H27N7O2/c28-20(15-2-1-5-21-11-15)26-18-9-17(23-13-24-18)16-8-19(27-25-12-16)22-10-14-3-6-29-7-4-14/h8-9,12-15,21H,1-7,10-11H2,(H,22,27)(H,23,24,26,28). The number of anilines is 2. The van der Waals surface area contributed by atoms with Crippen LogP contribution in [0.15, 0.2) is 24.7 Å². The van der Waals surface area contributed by atoms with Gasteiger partial charge in [0.05, 0.1) is 17.8 Å². The zero-order valence-corrected chi connectivity index (χ0v) is 16.4. The predicted octanol–water partition coefficient (Wildman–Crippen LogP) is 1.71. The van der Waals surface area contributed by atoms with Gasteiger partial charge in [-0.1, -0.05) is 0 Å². The highest BCUT2D eigenvalue weighted by molar-refractivity contribution is 5.92. The Kier molecular flexibility index (Phi) is 6.58. The first-order valence-electron chi connectivity index (χ1n) is 10.3. The molecule has 0 radical (unpaired) electrons. The van der Waals surface area contributed by atoms with Gasteiger partial charge in [-0.3, -0.25) is 4.79 Å². The molecule has 0 aliphatic carbocycles. The molecule has 29 heavy (non-hydrogen) atoms. The molecule has 2 aromatic rings. The molecule has 1 amide bonds. The minimum absolute atomic E-state index is 0.00600. The number of hydrogen-bond donors (Lipinski definition) is 3. The Morgan fingerprint density at radius 2 is 2.07 bits per heavy atom. The van der Waals surface area contributed by atoms with Gasteiger partial charge in [0.25, 0.3) is 0 Å². The molecule has 9 nitrogen and oxygen atoms in total. The van der Waals surface area contributed by atoms with E-state index in [2.05, 4.69) is 36.1 Å². The third kappa shape index (κ3) is 5.45. The smallest absolute Gasteiger partial charge is 0.229 e. The number of piperidine rings is 1. The van der Waals surface area contributed by atoms with Gasteiger partial charge in [0.1, 0.15) is 18.0 Å². The molecule has 4 heterocycles. The van der Waals surface area contributed by atoms with Crippen molar-refractivity contribution >= 4 is 17.5 Å². The van der Waals surface area contributed by atoms with Gasteiger partial charge in [0.15, 0.2) is 0 Å². The molecule has 3 N–H and O–H groups in total. The normalized spacial score (nSPS) is 20.2. The summed E-state index contributed by atoms with van der Waals surface area (Å²) < 4.78 is 5.40. The fourth-order valence-corrected chi connectivity index (χ4v) is 3.68. The Hall–Kier alpha value is -2.65. The molecule has 2 aromatic heterocycles. The average Bonchev–Trinajstić information content (AvgIpc) is 2.79. The van der Waals surface area contributed by atoms with Crippen molar-refractivity contribution in [1.29, 1.82) is 0 Å². The summed E-state index contributed by atoms with van der Waals surface area (Å²) >= 11 is 0. The fraction of sp³-hybridized carbons (Fsp3) is 0.550. The van der Waals surface area contributed by atoms with Crippen molar-refractivity contribution < 1.29 is 9.53 Å². The van der Waals surface area contributed by atoms with E-state index in [1.54, 1.807) is 12.3 Å². The lowest BCUT2D eigenvalue weighted by atomic mass is 9.99. The number of nitrogens with one attached hydrogen (secondary N) is 3. The average molecular weight is 397 g/mol. The van der Waals surface area contributed by atoms with E-state index >= 15 is 0 Å². The van der Waals surface area contributed by atoms with Crippen molar-refractivity contribution in [2.24, 2.45) is 11.8 Å². The number of carbonyl (C=O) groups excluding carboxylic acids is 1. The van der Waals surface area contributed by atoms with Gasteiger partial charge in [-0.25, -0.2) is 9.97 Å². The van der Waals surface area contributed by atoms with Crippen LogP contribution in [-0.4, -0.2) is 58.9 Å². The Labute approximate surface area is 170 Å². The lowest BCUT2D eigenvalue weighted by Gasteiger charge is -2.22. The fourth-order valence-electron chi connectivity index (χ4n) is 3.68. The SMILES string of the molecule is O=C(Nc1cc(-c2cnnc(NCC3CCOCC3)c2)ncn1)C1CCCNC1. The summed E-state index contributed by atoms with van der Waals surface area (Å²) in [4.78, 5) is 21.0. The molecule has 0 saturated carbocycles. The quantitative estimate of drug-likeness (QED) is 0.675. The maximum Gasteiger partial charge on any atom is 0.229 e. The van der Waals surface area contributed by atoms with Gasteiger partial charge >= 0.3 is 0 Å². The second-order valence-corrected chi connectivity index (χ2v) is 7.59. The van der Waals surface area contributed by atoms with Gasteiger partial charge in [0, 0.05) is 37.9 Å². The Morgan fingerprint density at radius 3 is 2.90 bits per heavy atom. The van der Waals surface area contributed by atoms with E-state index in [1.807, 2.05) is 6.07 Å². The highest BCUT2D eigenvalue weighted by Crippen LogP contribution is 2.22. The highest BCUT2D eigenvalue weighted by Gasteiger charge is 2.21. The molecular weight excluding hydrogens is 370 g/mol. The van der Waals surface area contributed by atoms with E-state index in [1.165, 1.54) is 6.33 Å². The van der Waals surface area contributed by atoms with Gasteiger partial charge in [-0.05, 0) is 44.2 Å². The van der Waals surface area contributed by atoms with Crippen LogP contribution in [0.4, 0.5) is 11.6 Å². The van der Waals surface area contributed by atoms with Crippen molar-refractivity contribution in [2.45, 2.75) is 25.7 Å². The molecule has 2 aliphatic rings. The van der Waals surface area contributed by atoms with E-state index in [-0.39, 0.29) is 11.8 Å². The molecule has 4 rings (SSSR count). The van der Waals surface area contributed by atoms with Crippen molar-refractivity contribution in [3.63, 3.8) is 0 Å². The first-order chi connectivity index (χ1) is 14.3. The molecule has 2 fully saturated rings. The maximum absolute atomic E-state index is 12.5. The van der Waals surface area contributed by atoms with Crippen LogP contribution in [-0.2, 0) is 9.53 Å². The first kappa shape index (κ1) is 19.7. The predicted molar refractivity (Wildman–Crippen MR) is 109 cm³/mol. The van der Waals surface area contributed by atoms with Gasteiger partial charge < -0.3 is 20.7 Å². The molecule has 1 atom stereocenters. The van der Waals surface area contributed by atoms with Crippen molar-refractivity contribution in [3.05, 3.63) is 24.7 Å². The molecule has 2 saturated heterocycles. The maximum atomic E-state index is 12.5. The number of amides is 1. The Morgan fingerprint density at radius 1 is 1.17 bits per heavy atom. The van der Waals surface area contributed by atoms with Crippen molar-refractivity contribution in [3.8, 4) is 11.3 Å². The van der Waals surface area contributed by atoms with Crippen molar-refractivity contribution in [2.75, 3.05) is 43.5 Å². The van der Waals surface area contributed by atoms with E-state index in [9.17, 15) is 4.79 Å². The zero-order valence-electron chi connectivity index (χ0n) is 16.4. The lowest BCUT2D eigenvalue weighted by molar-refractivity contribution is -0.120. The minimum atomic E-state index is -0.0225. The summed E-state index contributed by atoms with van der Waals surface area (Å²) in [6.07, 6.45) is 7.15. The van der Waals surface area contributed by atoms with Gasteiger partial charge in [0.2, 0.25) is 5.91 Å². The molecular formula is C20H27N7O2. The largest absolute Gasteiger partial charge is 0.381 e.